The highest BCUT2D eigenvalue weighted by Gasteiger charge is 2.52. The number of halogens is 5. The first kappa shape index (κ1) is 20.1. The standard InChI is InChI=1S/C13H12F4N2O4.ClH/c14-8-1-2-11(19(22)23)7(3-8)4-18-5-9(12(20)21)10(6-18)13(15,16)17;/h1-3,9-10H,4-6H2,(H,20,21);1H/t9-,10-;/m1./s1. The summed E-state index contributed by atoms with van der Waals surface area (Å²) in [4.78, 5) is 22.3. The minimum atomic E-state index is -4.69. The number of nitrogens with zero attached hydrogens (tertiary/aromatic N) is 2. The Morgan fingerprint density at radius 2 is 2.00 bits per heavy atom. The van der Waals surface area contributed by atoms with Gasteiger partial charge in [-0.3, -0.25) is 19.8 Å². The van der Waals surface area contributed by atoms with Crippen LogP contribution in [-0.4, -0.2) is 40.2 Å². The second kappa shape index (κ2) is 7.31. The maximum atomic E-state index is 13.2. The van der Waals surface area contributed by atoms with E-state index in [1.54, 1.807) is 0 Å². The second-order valence-corrected chi connectivity index (χ2v) is 5.32. The molecule has 0 radical (unpaired) electrons. The molecule has 0 bridgehead atoms. The number of hydrogen-bond donors (Lipinski definition) is 1. The number of benzene rings is 1. The second-order valence-electron chi connectivity index (χ2n) is 5.32. The van der Waals surface area contributed by atoms with E-state index >= 15 is 0 Å². The van der Waals surface area contributed by atoms with E-state index in [1.165, 1.54) is 0 Å². The molecule has 0 saturated carbocycles. The highest BCUT2D eigenvalue weighted by molar-refractivity contribution is 5.85. The maximum absolute atomic E-state index is 13.2. The number of aliphatic carboxylic acids is 1. The predicted octanol–water partition coefficient (Wildman–Crippen LogP) is 2.85. The van der Waals surface area contributed by atoms with Gasteiger partial charge in [0.1, 0.15) is 5.82 Å². The molecule has 0 spiro atoms. The summed E-state index contributed by atoms with van der Waals surface area (Å²) in [5, 5.41) is 19.8. The molecule has 1 fully saturated rings. The molecule has 2 rings (SSSR count). The van der Waals surface area contributed by atoms with Crippen molar-refractivity contribution < 1.29 is 32.4 Å². The number of hydrogen-bond acceptors (Lipinski definition) is 4. The first-order valence-corrected chi connectivity index (χ1v) is 6.54. The van der Waals surface area contributed by atoms with Crippen LogP contribution in [-0.2, 0) is 11.3 Å². The van der Waals surface area contributed by atoms with E-state index in [9.17, 15) is 32.5 Å². The van der Waals surface area contributed by atoms with Gasteiger partial charge >= 0.3 is 12.1 Å². The number of carbonyl (C=O) groups is 1. The minimum Gasteiger partial charge on any atom is -0.481 e. The van der Waals surface area contributed by atoms with Gasteiger partial charge < -0.3 is 5.11 Å². The van der Waals surface area contributed by atoms with Crippen LogP contribution in [0.5, 0.6) is 0 Å². The van der Waals surface area contributed by atoms with Gasteiger partial charge in [0, 0.05) is 31.3 Å². The molecular weight excluding hydrogens is 360 g/mol. The zero-order chi connectivity index (χ0) is 17.4. The molecule has 11 heteroatoms. The fourth-order valence-corrected chi connectivity index (χ4v) is 2.70. The van der Waals surface area contributed by atoms with Gasteiger partial charge in [-0.1, -0.05) is 0 Å². The van der Waals surface area contributed by atoms with Gasteiger partial charge in [-0.2, -0.15) is 13.2 Å². The molecule has 1 aromatic carbocycles. The topological polar surface area (TPSA) is 83.7 Å². The smallest absolute Gasteiger partial charge is 0.393 e. The van der Waals surface area contributed by atoms with Crippen molar-refractivity contribution in [3.63, 3.8) is 0 Å². The van der Waals surface area contributed by atoms with E-state index in [0.717, 1.165) is 23.1 Å². The molecule has 24 heavy (non-hydrogen) atoms. The number of nitro groups is 1. The molecule has 1 heterocycles. The normalized spacial score (nSPS) is 21.3. The molecule has 2 atom stereocenters. The quantitative estimate of drug-likeness (QED) is 0.499. The molecule has 0 aliphatic carbocycles. The average molecular weight is 373 g/mol. The lowest BCUT2D eigenvalue weighted by Gasteiger charge is -2.18. The highest BCUT2D eigenvalue weighted by Crippen LogP contribution is 2.38. The van der Waals surface area contributed by atoms with Gasteiger partial charge in [-0.25, -0.2) is 4.39 Å². The number of rotatable bonds is 4. The number of likely N-dealkylation sites (tertiary alicyclic amines) is 1. The Labute approximate surface area is 139 Å². The van der Waals surface area contributed by atoms with Crippen LogP contribution < -0.4 is 0 Å². The summed E-state index contributed by atoms with van der Waals surface area (Å²) in [6.07, 6.45) is -4.69. The van der Waals surface area contributed by atoms with Crippen LogP contribution in [0.3, 0.4) is 0 Å². The lowest BCUT2D eigenvalue weighted by molar-refractivity contribution is -0.385. The monoisotopic (exact) mass is 372 g/mol. The molecule has 6 nitrogen and oxygen atoms in total. The molecule has 1 aliphatic heterocycles. The van der Waals surface area contributed by atoms with Gasteiger partial charge in [0.05, 0.1) is 16.8 Å². The Morgan fingerprint density at radius 3 is 2.46 bits per heavy atom. The largest absolute Gasteiger partial charge is 0.481 e. The summed E-state index contributed by atoms with van der Waals surface area (Å²) in [6, 6.07) is 2.68. The maximum Gasteiger partial charge on any atom is 0.393 e. The summed E-state index contributed by atoms with van der Waals surface area (Å²) >= 11 is 0. The minimum absolute atomic E-state index is 0. The molecule has 0 amide bonds. The van der Waals surface area contributed by atoms with Crippen LogP contribution >= 0.6 is 12.4 Å². The molecular formula is C13H13ClF4N2O4. The van der Waals surface area contributed by atoms with Crippen LogP contribution in [0.2, 0.25) is 0 Å². The summed E-state index contributed by atoms with van der Waals surface area (Å²) in [7, 11) is 0. The predicted molar refractivity (Wildman–Crippen MR) is 76.3 cm³/mol. The van der Waals surface area contributed by atoms with E-state index in [-0.39, 0.29) is 24.5 Å². The number of nitro benzene ring substituents is 1. The average Bonchev–Trinajstić information content (AvgIpc) is 2.82. The van der Waals surface area contributed by atoms with Crippen LogP contribution in [0.1, 0.15) is 5.56 Å². The van der Waals surface area contributed by atoms with Crippen LogP contribution in [0.4, 0.5) is 23.2 Å². The third kappa shape index (κ3) is 4.32. The molecule has 0 unspecified atom stereocenters. The first-order valence-electron chi connectivity index (χ1n) is 6.54. The summed E-state index contributed by atoms with van der Waals surface area (Å²) in [6.45, 7) is -1.34. The Kier molecular flexibility index (Phi) is 6.12. The zero-order valence-electron chi connectivity index (χ0n) is 12.0. The van der Waals surface area contributed by atoms with Crippen molar-refractivity contribution in [1.82, 2.24) is 4.90 Å². The van der Waals surface area contributed by atoms with Gasteiger partial charge in [0.25, 0.3) is 5.69 Å². The summed E-state index contributed by atoms with van der Waals surface area (Å²) < 4.78 is 51.9. The van der Waals surface area contributed by atoms with E-state index in [0.29, 0.717) is 0 Å². The van der Waals surface area contributed by atoms with E-state index in [1.807, 2.05) is 0 Å². The van der Waals surface area contributed by atoms with E-state index < -0.39 is 53.5 Å². The molecule has 1 N–H and O–H groups in total. The van der Waals surface area contributed by atoms with Crippen molar-refractivity contribution in [2.75, 3.05) is 13.1 Å². The third-order valence-corrected chi connectivity index (χ3v) is 3.77. The van der Waals surface area contributed by atoms with E-state index in [2.05, 4.69) is 0 Å². The van der Waals surface area contributed by atoms with Crippen molar-refractivity contribution in [1.29, 1.82) is 0 Å². The van der Waals surface area contributed by atoms with Gasteiger partial charge in [-0.15, -0.1) is 12.4 Å². The third-order valence-electron chi connectivity index (χ3n) is 3.77. The van der Waals surface area contributed by atoms with Crippen molar-refractivity contribution in [2.24, 2.45) is 11.8 Å². The fourth-order valence-electron chi connectivity index (χ4n) is 2.70. The van der Waals surface area contributed by atoms with Crippen LogP contribution in [0, 0.1) is 27.8 Å². The molecule has 134 valence electrons. The number of carboxylic acid groups (broad SMARTS) is 1. The number of carboxylic acids is 1. The van der Waals surface area contributed by atoms with Crippen LogP contribution in [0.25, 0.3) is 0 Å². The van der Waals surface area contributed by atoms with Gasteiger partial charge in [0.2, 0.25) is 0 Å². The Bertz CT molecular complexity index is 641. The lowest BCUT2D eigenvalue weighted by atomic mass is 9.96. The highest BCUT2D eigenvalue weighted by atomic mass is 35.5. The Hall–Kier alpha value is -1.94. The van der Waals surface area contributed by atoms with Gasteiger partial charge in [0.15, 0.2) is 0 Å². The lowest BCUT2D eigenvalue weighted by Crippen LogP contribution is -2.33. The molecule has 0 aromatic heterocycles. The summed E-state index contributed by atoms with van der Waals surface area (Å²) in [5.74, 6) is -6.05. The zero-order valence-corrected chi connectivity index (χ0v) is 12.8. The number of alkyl halides is 3. The Morgan fingerprint density at radius 1 is 1.38 bits per heavy atom. The van der Waals surface area contributed by atoms with Crippen molar-refractivity contribution in [3.8, 4) is 0 Å². The van der Waals surface area contributed by atoms with Crippen LogP contribution in [0.15, 0.2) is 18.2 Å². The van der Waals surface area contributed by atoms with Crippen molar-refractivity contribution >= 4 is 24.1 Å². The van der Waals surface area contributed by atoms with Gasteiger partial charge in [-0.05, 0) is 12.1 Å². The fraction of sp³-hybridized carbons (Fsp3) is 0.462. The SMILES string of the molecule is Cl.O=C(O)[C@@H]1CN(Cc2cc(F)ccc2[N+](=O)[O-])C[C@H]1C(F)(F)F. The molecule has 1 aliphatic rings. The first-order chi connectivity index (χ1) is 10.6. The van der Waals surface area contributed by atoms with Crippen molar-refractivity contribution in [2.45, 2.75) is 12.7 Å². The summed E-state index contributed by atoms with van der Waals surface area (Å²) in [5.41, 5.74) is -0.518. The van der Waals surface area contributed by atoms with Crippen molar-refractivity contribution in [3.05, 3.63) is 39.7 Å². The van der Waals surface area contributed by atoms with E-state index in [4.69, 9.17) is 5.11 Å². The Balaban J connectivity index is 0.00000288. The molecule has 1 saturated heterocycles. The molecule has 1 aromatic rings.